The molecule has 29 heavy (non-hydrogen) atoms. The molecular weight excluding hydrogens is 458 g/mol. The zero-order chi connectivity index (χ0) is 20.0. The number of rotatable bonds is 4. The highest BCUT2D eigenvalue weighted by atomic mass is 79.9. The molecule has 2 aromatic heterocycles. The first-order valence-corrected chi connectivity index (χ1v) is 9.98. The lowest BCUT2D eigenvalue weighted by Gasteiger charge is -1.96. The lowest BCUT2D eigenvalue weighted by Crippen LogP contribution is -2.22. The van der Waals surface area contributed by atoms with Gasteiger partial charge in [0.1, 0.15) is 4.88 Å². The number of aromatic nitrogens is 3. The highest BCUT2D eigenvalue weighted by molar-refractivity contribution is 9.10. The number of hydrogen-bond donors (Lipinski definition) is 2. The number of nitrogens with one attached hydrogen (secondary N) is 1. The monoisotopic (exact) mass is 467 g/mol. The molecule has 142 valence electrons. The number of aromatic hydroxyl groups is 1. The Hall–Kier alpha value is -3.37. The Kier molecular flexibility index (Phi) is 4.22. The molecule has 8 nitrogen and oxygen atoms in total. The van der Waals surface area contributed by atoms with Gasteiger partial charge in [-0.05, 0) is 30.3 Å². The number of amides is 1. The predicted molar refractivity (Wildman–Crippen MR) is 109 cm³/mol. The van der Waals surface area contributed by atoms with Gasteiger partial charge in [0.2, 0.25) is 11.8 Å². The average molecular weight is 468 g/mol. The average Bonchev–Trinajstić information content (AvgIpc) is 3.40. The standard InChI is InChI=1S/C19H10BrN5O3S/c20-10-6-7-12-11(8-10)13(15(26)21-12)14-16(27)22-19(29-14)23-18-25-24-17(28-18)9-4-2-1-3-5-9/h1-8,27H,(H,22,23,25). The topological polar surface area (TPSA) is 114 Å². The van der Waals surface area contributed by atoms with Gasteiger partial charge in [0.05, 0.1) is 10.9 Å². The first-order chi connectivity index (χ1) is 14.1. The normalized spacial score (nSPS) is 12.7. The van der Waals surface area contributed by atoms with Crippen molar-refractivity contribution < 1.29 is 14.3 Å². The molecule has 2 N–H and O–H groups in total. The summed E-state index contributed by atoms with van der Waals surface area (Å²) in [5, 5.41) is 22.6. The number of fused-ring (bicyclic) bond motifs is 1. The van der Waals surface area contributed by atoms with E-state index in [1.165, 1.54) is 0 Å². The third-order valence-corrected chi connectivity index (χ3v) is 5.63. The predicted octanol–water partition coefficient (Wildman–Crippen LogP) is 2.76. The van der Waals surface area contributed by atoms with E-state index in [-0.39, 0.29) is 11.9 Å². The van der Waals surface area contributed by atoms with Crippen LogP contribution in [0.4, 0.5) is 11.1 Å². The summed E-state index contributed by atoms with van der Waals surface area (Å²) in [6.07, 6.45) is 0. The minimum atomic E-state index is -0.423. The number of anilines is 2. The highest BCUT2D eigenvalue weighted by Gasteiger charge is 2.25. The van der Waals surface area contributed by atoms with Crippen molar-refractivity contribution in [2.24, 2.45) is 4.99 Å². The highest BCUT2D eigenvalue weighted by Crippen LogP contribution is 2.35. The smallest absolute Gasteiger partial charge is 0.322 e. The van der Waals surface area contributed by atoms with E-state index in [9.17, 15) is 9.90 Å². The van der Waals surface area contributed by atoms with Crippen molar-refractivity contribution in [1.82, 2.24) is 15.2 Å². The van der Waals surface area contributed by atoms with Crippen molar-refractivity contribution in [2.75, 3.05) is 5.32 Å². The summed E-state index contributed by atoms with van der Waals surface area (Å²) in [5.74, 6) is -0.341. The third kappa shape index (κ3) is 3.22. The number of hydrogen-bond acceptors (Lipinski definition) is 8. The van der Waals surface area contributed by atoms with Crippen LogP contribution in [0.25, 0.3) is 17.0 Å². The van der Waals surface area contributed by atoms with Gasteiger partial charge in [-0.25, -0.2) is 4.99 Å². The Morgan fingerprint density at radius 3 is 2.76 bits per heavy atom. The fraction of sp³-hybridized carbons (Fsp3) is 0. The van der Waals surface area contributed by atoms with Crippen LogP contribution < -0.4 is 15.9 Å². The largest absolute Gasteiger partial charge is 0.492 e. The zero-order valence-corrected chi connectivity index (χ0v) is 16.9. The lowest BCUT2D eigenvalue weighted by atomic mass is 10.1. The van der Waals surface area contributed by atoms with Crippen molar-refractivity contribution in [3.63, 3.8) is 0 Å². The van der Waals surface area contributed by atoms with E-state index in [0.29, 0.717) is 32.0 Å². The summed E-state index contributed by atoms with van der Waals surface area (Å²) in [6.45, 7) is 0. The summed E-state index contributed by atoms with van der Waals surface area (Å²) < 4.78 is 6.40. The number of carbonyl (C=O) groups excluding carboxylic acids is 1. The SMILES string of the molecule is O=C1N=c2ccc(Br)cc2=C1c1sc(Nc2nnc(-c3ccccc3)o2)nc1O. The first kappa shape index (κ1) is 17.7. The van der Waals surface area contributed by atoms with E-state index < -0.39 is 5.91 Å². The summed E-state index contributed by atoms with van der Waals surface area (Å²) in [5.41, 5.74) is 1.09. The summed E-state index contributed by atoms with van der Waals surface area (Å²) in [4.78, 5) is 20.8. The van der Waals surface area contributed by atoms with Crippen LogP contribution in [0.3, 0.4) is 0 Å². The fourth-order valence-electron chi connectivity index (χ4n) is 2.90. The Bertz CT molecular complexity index is 1380. The van der Waals surface area contributed by atoms with Gasteiger partial charge in [-0.2, -0.15) is 4.98 Å². The molecule has 0 saturated carbocycles. The summed E-state index contributed by atoms with van der Waals surface area (Å²) in [7, 11) is 0. The van der Waals surface area contributed by atoms with Gasteiger partial charge in [-0.1, -0.05) is 50.6 Å². The molecule has 0 spiro atoms. The lowest BCUT2D eigenvalue weighted by molar-refractivity contribution is -0.112. The van der Waals surface area contributed by atoms with Gasteiger partial charge in [0.15, 0.2) is 5.13 Å². The molecule has 2 aromatic carbocycles. The van der Waals surface area contributed by atoms with Crippen LogP contribution >= 0.6 is 27.3 Å². The molecule has 0 atom stereocenters. The number of benzene rings is 2. The number of carbonyl (C=O) groups is 1. The second-order valence-electron chi connectivity index (χ2n) is 6.03. The van der Waals surface area contributed by atoms with E-state index in [2.05, 4.69) is 41.4 Å². The van der Waals surface area contributed by atoms with E-state index in [1.54, 1.807) is 18.2 Å². The van der Waals surface area contributed by atoms with Gasteiger partial charge in [-0.3, -0.25) is 10.1 Å². The third-order valence-electron chi connectivity index (χ3n) is 4.16. The van der Waals surface area contributed by atoms with E-state index >= 15 is 0 Å². The second kappa shape index (κ2) is 6.90. The maximum Gasteiger partial charge on any atom is 0.322 e. The molecule has 1 aliphatic heterocycles. The van der Waals surface area contributed by atoms with Crippen LogP contribution in [0.2, 0.25) is 0 Å². The summed E-state index contributed by atoms with van der Waals surface area (Å²) >= 11 is 4.49. The first-order valence-electron chi connectivity index (χ1n) is 8.37. The Morgan fingerprint density at radius 1 is 1.10 bits per heavy atom. The Labute approximate surface area is 175 Å². The molecule has 1 aliphatic rings. The van der Waals surface area contributed by atoms with E-state index in [4.69, 9.17) is 4.42 Å². The molecule has 5 rings (SSSR count). The van der Waals surface area contributed by atoms with Crippen molar-refractivity contribution in [1.29, 1.82) is 0 Å². The van der Waals surface area contributed by atoms with Gasteiger partial charge in [0, 0.05) is 15.3 Å². The molecule has 0 bridgehead atoms. The van der Waals surface area contributed by atoms with Gasteiger partial charge >= 0.3 is 6.01 Å². The van der Waals surface area contributed by atoms with E-state index in [1.807, 2.05) is 30.3 Å². The quantitative estimate of drug-likeness (QED) is 0.474. The molecule has 1 amide bonds. The molecule has 10 heteroatoms. The minimum absolute atomic E-state index is 0.125. The van der Waals surface area contributed by atoms with Crippen LogP contribution in [-0.2, 0) is 4.79 Å². The van der Waals surface area contributed by atoms with Crippen LogP contribution in [0.1, 0.15) is 4.88 Å². The van der Waals surface area contributed by atoms with E-state index in [0.717, 1.165) is 21.4 Å². The van der Waals surface area contributed by atoms with Crippen LogP contribution in [0, 0.1) is 0 Å². The Morgan fingerprint density at radius 2 is 1.93 bits per heavy atom. The van der Waals surface area contributed by atoms with Crippen molar-refractivity contribution >= 4 is 49.9 Å². The maximum atomic E-state index is 12.4. The number of thiazole rings is 1. The van der Waals surface area contributed by atoms with Crippen molar-refractivity contribution in [2.45, 2.75) is 0 Å². The summed E-state index contributed by atoms with van der Waals surface area (Å²) in [6, 6.07) is 14.8. The van der Waals surface area contributed by atoms with Gasteiger partial charge in [0.25, 0.3) is 5.91 Å². The van der Waals surface area contributed by atoms with Crippen LogP contribution in [-0.4, -0.2) is 26.2 Å². The van der Waals surface area contributed by atoms with Crippen LogP contribution in [0.5, 0.6) is 5.88 Å². The molecule has 0 fully saturated rings. The van der Waals surface area contributed by atoms with Crippen molar-refractivity contribution in [3.05, 3.63) is 68.5 Å². The number of halogens is 1. The Balaban J connectivity index is 1.49. The molecule has 0 aliphatic carbocycles. The van der Waals surface area contributed by atoms with Gasteiger partial charge in [-0.15, -0.1) is 5.10 Å². The minimum Gasteiger partial charge on any atom is -0.492 e. The molecule has 0 radical (unpaired) electrons. The molecule has 3 heterocycles. The van der Waals surface area contributed by atoms with Gasteiger partial charge < -0.3 is 9.52 Å². The van der Waals surface area contributed by atoms with Crippen LogP contribution in [0.15, 0.2) is 62.4 Å². The fourth-order valence-corrected chi connectivity index (χ4v) is 4.16. The molecule has 0 saturated heterocycles. The van der Waals surface area contributed by atoms with Crippen molar-refractivity contribution in [3.8, 4) is 17.3 Å². The second-order valence-corrected chi connectivity index (χ2v) is 7.94. The maximum absolute atomic E-state index is 12.4. The number of nitrogens with zero attached hydrogens (tertiary/aromatic N) is 4. The molecule has 0 unspecified atom stereocenters. The zero-order valence-electron chi connectivity index (χ0n) is 14.5. The molecular formula is C19H10BrN5O3S. The molecule has 4 aromatic rings.